The maximum absolute atomic E-state index is 14.9. The van der Waals surface area contributed by atoms with Gasteiger partial charge in [0, 0.05) is 18.8 Å². The number of rotatable bonds is 5. The average molecular weight is 412 g/mol. The van der Waals surface area contributed by atoms with E-state index in [0.717, 1.165) is 47.5 Å². The van der Waals surface area contributed by atoms with E-state index in [1.807, 2.05) is 19.1 Å². The van der Waals surface area contributed by atoms with Gasteiger partial charge in [0.15, 0.2) is 0 Å². The van der Waals surface area contributed by atoms with E-state index >= 15 is 0 Å². The van der Waals surface area contributed by atoms with Crippen LogP contribution in [0, 0.1) is 11.3 Å². The van der Waals surface area contributed by atoms with Crippen LogP contribution in [0.5, 0.6) is 0 Å². The highest BCUT2D eigenvalue weighted by molar-refractivity contribution is 5.64. The molecule has 1 fully saturated rings. The zero-order valence-electron chi connectivity index (χ0n) is 20.7. The summed E-state index contributed by atoms with van der Waals surface area (Å²) in [6, 6.07) is 6.20. The van der Waals surface area contributed by atoms with E-state index in [-0.39, 0.29) is 10.8 Å². The van der Waals surface area contributed by atoms with Gasteiger partial charge in [-0.25, -0.2) is 4.39 Å². The molecule has 0 bridgehead atoms. The molecular formula is C28H42FN. The Morgan fingerprint density at radius 1 is 1.07 bits per heavy atom. The first kappa shape index (κ1) is 24.4. The second kappa shape index (κ2) is 8.36. The van der Waals surface area contributed by atoms with Crippen molar-refractivity contribution < 1.29 is 4.39 Å². The Hall–Kier alpha value is -1.83. The molecule has 0 aromatic heterocycles. The van der Waals surface area contributed by atoms with Gasteiger partial charge >= 0.3 is 0 Å². The van der Waals surface area contributed by atoms with Crippen molar-refractivity contribution in [3.8, 4) is 0 Å². The summed E-state index contributed by atoms with van der Waals surface area (Å²) in [6.07, 6.45) is 3.36. The van der Waals surface area contributed by atoms with Gasteiger partial charge in [0.1, 0.15) is 5.67 Å². The highest BCUT2D eigenvalue weighted by Gasteiger charge is 2.34. The fourth-order valence-corrected chi connectivity index (χ4v) is 4.41. The maximum Gasteiger partial charge on any atom is 0.130 e. The first-order chi connectivity index (χ1) is 13.5. The molecule has 1 unspecified atom stereocenters. The van der Waals surface area contributed by atoms with E-state index < -0.39 is 5.67 Å². The molecule has 1 saturated heterocycles. The third-order valence-corrected chi connectivity index (χ3v) is 6.18. The SMILES string of the molecule is C=C(C)/C=C(\C)C1CN(C(=C)c2cc(C(C)(C)C)cc(C(C)(C)F)c2)CC(C)(C)C1. The minimum absolute atomic E-state index is 0.0548. The number of allylic oxidation sites excluding steroid dienone is 2. The van der Waals surface area contributed by atoms with Crippen LogP contribution in [0.1, 0.15) is 85.4 Å². The highest BCUT2D eigenvalue weighted by Crippen LogP contribution is 2.40. The number of halogens is 1. The zero-order valence-corrected chi connectivity index (χ0v) is 20.7. The largest absolute Gasteiger partial charge is 0.370 e. The lowest BCUT2D eigenvalue weighted by atomic mass is 9.75. The van der Waals surface area contributed by atoms with Gasteiger partial charge in [0.25, 0.3) is 0 Å². The number of benzene rings is 1. The lowest BCUT2D eigenvalue weighted by molar-refractivity contribution is 0.133. The van der Waals surface area contributed by atoms with Crippen LogP contribution in [-0.4, -0.2) is 18.0 Å². The lowest BCUT2D eigenvalue weighted by Crippen LogP contribution is -2.43. The van der Waals surface area contributed by atoms with Crippen molar-refractivity contribution in [3.05, 3.63) is 65.3 Å². The van der Waals surface area contributed by atoms with Crippen LogP contribution in [0.4, 0.5) is 4.39 Å². The summed E-state index contributed by atoms with van der Waals surface area (Å²) in [5.41, 5.74) is 5.09. The van der Waals surface area contributed by atoms with E-state index in [4.69, 9.17) is 0 Å². The van der Waals surface area contributed by atoms with Crippen LogP contribution in [0.3, 0.4) is 0 Å². The molecule has 2 rings (SSSR count). The Bertz CT molecular complexity index is 810. The number of alkyl halides is 1. The standard InChI is InChI=1S/C28H42FN/c1-19(2)12-20(3)23-16-27(8,9)18-30(17-23)21(4)22-13-24(26(5,6)7)15-25(14-22)28(10,11)29/h12-15,23H,1,4,16-18H2,2-3,5-11H3/b20-12+. The van der Waals surface area contributed by atoms with Gasteiger partial charge in [-0.3, -0.25) is 0 Å². The zero-order chi connectivity index (χ0) is 23.1. The van der Waals surface area contributed by atoms with E-state index in [9.17, 15) is 4.39 Å². The first-order valence-corrected chi connectivity index (χ1v) is 11.1. The minimum atomic E-state index is -1.39. The van der Waals surface area contributed by atoms with Gasteiger partial charge in [-0.05, 0) is 79.7 Å². The number of piperidine rings is 1. The molecule has 0 amide bonds. The van der Waals surface area contributed by atoms with Gasteiger partial charge in [-0.2, -0.15) is 0 Å². The highest BCUT2D eigenvalue weighted by atomic mass is 19.1. The molecule has 0 aliphatic carbocycles. The van der Waals surface area contributed by atoms with Crippen molar-refractivity contribution >= 4 is 5.70 Å². The van der Waals surface area contributed by atoms with Crippen LogP contribution in [0.15, 0.2) is 48.6 Å². The molecule has 1 aliphatic rings. The van der Waals surface area contributed by atoms with Crippen molar-refractivity contribution in [2.75, 3.05) is 13.1 Å². The monoisotopic (exact) mass is 411 g/mol. The van der Waals surface area contributed by atoms with Gasteiger partial charge < -0.3 is 4.90 Å². The summed E-state index contributed by atoms with van der Waals surface area (Å²) in [7, 11) is 0. The maximum atomic E-state index is 14.9. The summed E-state index contributed by atoms with van der Waals surface area (Å²) in [5.74, 6) is 0.463. The summed E-state index contributed by atoms with van der Waals surface area (Å²) < 4.78 is 14.9. The smallest absolute Gasteiger partial charge is 0.130 e. The second-order valence-electron chi connectivity index (χ2n) is 11.6. The topological polar surface area (TPSA) is 3.24 Å². The fraction of sp³-hybridized carbons (Fsp3) is 0.571. The van der Waals surface area contributed by atoms with Crippen molar-refractivity contribution in [1.29, 1.82) is 0 Å². The molecule has 1 atom stereocenters. The lowest BCUT2D eigenvalue weighted by Gasteiger charge is -2.45. The van der Waals surface area contributed by atoms with Crippen molar-refractivity contribution in [2.24, 2.45) is 11.3 Å². The van der Waals surface area contributed by atoms with Gasteiger partial charge in [-0.15, -0.1) is 0 Å². The quantitative estimate of drug-likeness (QED) is 0.443. The Balaban J connectivity index is 2.46. The molecule has 1 aromatic carbocycles. The predicted molar refractivity (Wildman–Crippen MR) is 130 cm³/mol. The van der Waals surface area contributed by atoms with Crippen LogP contribution in [0.25, 0.3) is 5.70 Å². The van der Waals surface area contributed by atoms with Crippen LogP contribution < -0.4 is 0 Å². The van der Waals surface area contributed by atoms with E-state index in [0.29, 0.717) is 5.92 Å². The van der Waals surface area contributed by atoms with Crippen molar-refractivity contribution in [1.82, 2.24) is 4.90 Å². The number of hydrogen-bond acceptors (Lipinski definition) is 1. The van der Waals surface area contributed by atoms with Crippen molar-refractivity contribution in [2.45, 2.75) is 79.8 Å². The van der Waals surface area contributed by atoms with Crippen molar-refractivity contribution in [3.63, 3.8) is 0 Å². The predicted octanol–water partition coefficient (Wildman–Crippen LogP) is 8.03. The molecule has 0 saturated carbocycles. The average Bonchev–Trinajstić information content (AvgIpc) is 2.57. The van der Waals surface area contributed by atoms with Gasteiger partial charge in [-0.1, -0.05) is 71.1 Å². The number of likely N-dealkylation sites (tertiary alicyclic amines) is 1. The third-order valence-electron chi connectivity index (χ3n) is 6.18. The van der Waals surface area contributed by atoms with E-state index in [1.54, 1.807) is 13.8 Å². The first-order valence-electron chi connectivity index (χ1n) is 11.1. The Labute approximate surface area is 184 Å². The molecule has 1 nitrogen and oxygen atoms in total. The molecule has 0 radical (unpaired) electrons. The molecule has 2 heteroatoms. The molecule has 0 N–H and O–H groups in total. The third kappa shape index (κ3) is 6.09. The molecule has 0 spiro atoms. The Morgan fingerprint density at radius 2 is 1.63 bits per heavy atom. The summed E-state index contributed by atoms with van der Waals surface area (Å²) in [6.45, 7) is 29.1. The Morgan fingerprint density at radius 3 is 2.13 bits per heavy atom. The van der Waals surface area contributed by atoms with Crippen LogP contribution in [0.2, 0.25) is 0 Å². The van der Waals surface area contributed by atoms with E-state index in [1.165, 1.54) is 5.57 Å². The second-order valence-corrected chi connectivity index (χ2v) is 11.6. The molecular weight excluding hydrogens is 369 g/mol. The van der Waals surface area contributed by atoms with Crippen LogP contribution >= 0.6 is 0 Å². The molecule has 166 valence electrons. The normalized spacial score (nSPS) is 20.3. The molecule has 1 aromatic rings. The number of hydrogen-bond donors (Lipinski definition) is 0. The fourth-order valence-electron chi connectivity index (χ4n) is 4.41. The van der Waals surface area contributed by atoms with Gasteiger partial charge in [0.05, 0.1) is 0 Å². The van der Waals surface area contributed by atoms with E-state index in [2.05, 4.69) is 71.7 Å². The summed E-state index contributed by atoms with van der Waals surface area (Å²) in [4.78, 5) is 2.40. The van der Waals surface area contributed by atoms with Crippen LogP contribution in [-0.2, 0) is 11.1 Å². The summed E-state index contributed by atoms with van der Waals surface area (Å²) >= 11 is 0. The number of nitrogens with zero attached hydrogens (tertiary/aromatic N) is 1. The summed E-state index contributed by atoms with van der Waals surface area (Å²) in [5, 5.41) is 0. The Kier molecular flexibility index (Phi) is 6.81. The molecule has 1 heterocycles. The minimum Gasteiger partial charge on any atom is -0.370 e. The molecule has 1 aliphatic heterocycles. The van der Waals surface area contributed by atoms with Gasteiger partial charge in [0.2, 0.25) is 0 Å². The molecule has 30 heavy (non-hydrogen) atoms.